The predicted octanol–water partition coefficient (Wildman–Crippen LogP) is -1.71. The molecular weight excluding hydrogens is 82.0 g/mol. The van der Waals surface area contributed by atoms with Gasteiger partial charge in [0.1, 0.15) is 6.23 Å². The molecule has 4 heteroatoms. The molecule has 0 radical (unpaired) electrons. The number of aliphatic hydroxyl groups excluding tert-OH is 1. The van der Waals surface area contributed by atoms with Crippen LogP contribution < -0.4 is 16.8 Å². The predicted molar refractivity (Wildman–Crippen MR) is 22.1 cm³/mol. The Labute approximate surface area is 36.3 Å². The second-order valence-corrected chi connectivity index (χ2v) is 0.965. The van der Waals surface area contributed by atoms with Gasteiger partial charge in [0.05, 0.1) is 0 Å². The van der Waals surface area contributed by atoms with Gasteiger partial charge >= 0.3 is 0 Å². The van der Waals surface area contributed by atoms with Crippen LogP contribution in [0.3, 0.4) is 0 Å². The molecule has 0 aromatic heterocycles. The van der Waals surface area contributed by atoms with Crippen LogP contribution in [0.2, 0.25) is 0 Å². The van der Waals surface area contributed by atoms with Crippen LogP contribution in [0.5, 0.6) is 0 Å². The van der Waals surface area contributed by atoms with Crippen molar-refractivity contribution in [2.75, 3.05) is 0 Å². The van der Waals surface area contributed by atoms with Crippen molar-refractivity contribution in [3.63, 3.8) is 0 Å². The first kappa shape index (κ1) is 5.84. The Hall–Kier alpha value is -0.160. The number of nitrogens with two attached hydrogens (primary N) is 1. The van der Waals surface area contributed by atoms with E-state index in [2.05, 4.69) is 11.0 Å². The highest BCUT2D eigenvalue weighted by atomic mass is 16.3. The molecule has 0 aliphatic carbocycles. The third-order valence-electron chi connectivity index (χ3n) is 0.292. The maximum absolute atomic E-state index is 8.30. The fraction of sp³-hybridized carbons (Fsp3) is 1.00. The second-order valence-electron chi connectivity index (χ2n) is 0.965. The Morgan fingerprint density at radius 3 is 2.33 bits per heavy atom. The topological polar surface area (TPSA) is 70.3 Å². The highest BCUT2D eigenvalue weighted by Gasteiger charge is 1.83. The molecule has 0 aromatic carbocycles. The van der Waals surface area contributed by atoms with Gasteiger partial charge < -0.3 is 5.11 Å². The Kier molecular flexibility index (Phi) is 2.97. The molecule has 1 atom stereocenters. The SMILES string of the molecule is CC(O)NNN. The van der Waals surface area contributed by atoms with Crippen LogP contribution in [0.4, 0.5) is 0 Å². The number of nitrogens with one attached hydrogen (secondary N) is 2. The molecule has 5 N–H and O–H groups in total. The molecule has 0 fully saturated rings. The summed E-state index contributed by atoms with van der Waals surface area (Å²) in [5.74, 6) is 4.71. The number of hydrazine groups is 2. The molecule has 0 bridgehead atoms. The largest absolute Gasteiger partial charge is 0.378 e. The highest BCUT2D eigenvalue weighted by Crippen LogP contribution is 1.59. The lowest BCUT2D eigenvalue weighted by Crippen LogP contribution is -2.43. The van der Waals surface area contributed by atoms with Gasteiger partial charge in [-0.15, -0.1) is 0 Å². The lowest BCUT2D eigenvalue weighted by atomic mass is 10.7. The summed E-state index contributed by atoms with van der Waals surface area (Å²) >= 11 is 0. The summed E-state index contributed by atoms with van der Waals surface area (Å²) < 4.78 is 0. The first-order valence-corrected chi connectivity index (χ1v) is 1.66. The summed E-state index contributed by atoms with van der Waals surface area (Å²) in [6.45, 7) is 1.56. The molecule has 0 heterocycles. The minimum absolute atomic E-state index is 0.588. The van der Waals surface area contributed by atoms with Crippen molar-refractivity contribution in [3.05, 3.63) is 0 Å². The molecule has 0 aliphatic heterocycles. The minimum atomic E-state index is -0.588. The van der Waals surface area contributed by atoms with Crippen LogP contribution in [-0.4, -0.2) is 11.3 Å². The molecule has 1 unspecified atom stereocenters. The van der Waals surface area contributed by atoms with Crippen LogP contribution >= 0.6 is 0 Å². The molecule has 0 saturated heterocycles. The third kappa shape index (κ3) is 3.84. The summed E-state index contributed by atoms with van der Waals surface area (Å²) in [6.07, 6.45) is -0.588. The van der Waals surface area contributed by atoms with E-state index in [9.17, 15) is 0 Å². The van der Waals surface area contributed by atoms with E-state index < -0.39 is 6.23 Å². The smallest absolute Gasteiger partial charge is 0.115 e. The number of hydrogen-bond acceptors (Lipinski definition) is 4. The third-order valence-corrected chi connectivity index (χ3v) is 0.292. The van der Waals surface area contributed by atoms with Gasteiger partial charge in [-0.3, -0.25) is 5.84 Å². The molecule has 0 saturated carbocycles. The number of hydrogen-bond donors (Lipinski definition) is 4. The molecule has 0 amide bonds. The van der Waals surface area contributed by atoms with Crippen molar-refractivity contribution in [1.29, 1.82) is 0 Å². The lowest BCUT2D eigenvalue weighted by Gasteiger charge is -2.01. The van der Waals surface area contributed by atoms with Gasteiger partial charge in [-0.2, -0.15) is 5.53 Å². The maximum Gasteiger partial charge on any atom is 0.115 e. The Balaban J connectivity index is 2.63. The standard InChI is InChI=1S/C2H9N3O/c1-2(6)4-5-3/h2,4-6H,3H2,1H3. The van der Waals surface area contributed by atoms with E-state index in [4.69, 9.17) is 10.9 Å². The van der Waals surface area contributed by atoms with Crippen molar-refractivity contribution in [2.24, 2.45) is 5.84 Å². The quantitative estimate of drug-likeness (QED) is 0.185. The van der Waals surface area contributed by atoms with Crippen molar-refractivity contribution in [3.8, 4) is 0 Å². The second kappa shape index (κ2) is 3.05. The molecule has 0 aromatic rings. The number of aliphatic hydroxyl groups is 1. The minimum Gasteiger partial charge on any atom is -0.378 e. The van der Waals surface area contributed by atoms with Gasteiger partial charge in [-0.1, -0.05) is 0 Å². The van der Waals surface area contributed by atoms with Gasteiger partial charge in [-0.25, -0.2) is 5.43 Å². The average Bonchev–Trinajstić information content (AvgIpc) is 1.35. The molecule has 0 aliphatic rings. The van der Waals surface area contributed by atoms with Crippen LogP contribution in [0.15, 0.2) is 0 Å². The van der Waals surface area contributed by atoms with Crippen molar-refractivity contribution in [1.82, 2.24) is 11.0 Å². The summed E-state index contributed by atoms with van der Waals surface area (Å²) in [6, 6.07) is 0. The average molecular weight is 91.1 g/mol. The lowest BCUT2D eigenvalue weighted by molar-refractivity contribution is 0.138. The maximum atomic E-state index is 8.30. The summed E-state index contributed by atoms with van der Waals surface area (Å²) in [4.78, 5) is 0. The molecule has 4 nitrogen and oxygen atoms in total. The zero-order valence-electron chi connectivity index (χ0n) is 3.60. The van der Waals surface area contributed by atoms with Crippen molar-refractivity contribution >= 4 is 0 Å². The Morgan fingerprint density at radius 1 is 1.83 bits per heavy atom. The molecule has 0 spiro atoms. The Morgan fingerprint density at radius 2 is 2.33 bits per heavy atom. The first-order chi connectivity index (χ1) is 2.77. The number of rotatable bonds is 2. The van der Waals surface area contributed by atoms with E-state index in [-0.39, 0.29) is 0 Å². The fourth-order valence-corrected chi connectivity index (χ4v) is 0.121. The van der Waals surface area contributed by atoms with Crippen molar-refractivity contribution in [2.45, 2.75) is 13.2 Å². The Bertz CT molecular complexity index is 30.0. The summed E-state index contributed by atoms with van der Waals surface area (Å²) in [7, 11) is 0. The highest BCUT2D eigenvalue weighted by molar-refractivity contribution is 4.27. The first-order valence-electron chi connectivity index (χ1n) is 1.66. The van der Waals surface area contributed by atoms with Gasteiger partial charge in [-0.05, 0) is 6.92 Å². The van der Waals surface area contributed by atoms with Crippen LogP contribution in [0.25, 0.3) is 0 Å². The monoisotopic (exact) mass is 91.1 g/mol. The van der Waals surface area contributed by atoms with E-state index >= 15 is 0 Å². The molecular formula is C2H9N3O. The summed E-state index contributed by atoms with van der Waals surface area (Å²) in [5, 5.41) is 8.30. The van der Waals surface area contributed by atoms with E-state index in [1.54, 1.807) is 6.92 Å². The van der Waals surface area contributed by atoms with Crippen LogP contribution in [0.1, 0.15) is 6.92 Å². The van der Waals surface area contributed by atoms with Crippen LogP contribution in [0, 0.1) is 0 Å². The van der Waals surface area contributed by atoms with E-state index in [1.807, 2.05) is 0 Å². The van der Waals surface area contributed by atoms with E-state index in [1.165, 1.54) is 0 Å². The van der Waals surface area contributed by atoms with E-state index in [0.717, 1.165) is 0 Å². The molecule has 6 heavy (non-hydrogen) atoms. The van der Waals surface area contributed by atoms with Crippen LogP contribution in [-0.2, 0) is 0 Å². The van der Waals surface area contributed by atoms with Crippen molar-refractivity contribution < 1.29 is 5.11 Å². The normalized spacial score (nSPS) is 14.5. The molecule has 38 valence electrons. The van der Waals surface area contributed by atoms with Gasteiger partial charge in [0.25, 0.3) is 0 Å². The van der Waals surface area contributed by atoms with Gasteiger partial charge in [0.2, 0.25) is 0 Å². The van der Waals surface area contributed by atoms with Gasteiger partial charge in [0, 0.05) is 0 Å². The summed E-state index contributed by atoms with van der Waals surface area (Å²) in [5.41, 5.74) is 4.36. The zero-order valence-corrected chi connectivity index (χ0v) is 3.60. The molecule has 0 rings (SSSR count). The van der Waals surface area contributed by atoms with E-state index in [0.29, 0.717) is 0 Å². The zero-order chi connectivity index (χ0) is 4.99. The van der Waals surface area contributed by atoms with Gasteiger partial charge in [0.15, 0.2) is 0 Å². The fourth-order valence-electron chi connectivity index (χ4n) is 0.121.